The molecule has 0 spiro atoms. The van der Waals surface area contributed by atoms with E-state index < -0.39 is 0 Å². The van der Waals surface area contributed by atoms with Crippen LogP contribution in [0.25, 0.3) is 11.3 Å². The second-order valence-corrected chi connectivity index (χ2v) is 5.12. The molecule has 0 fully saturated rings. The van der Waals surface area contributed by atoms with Gasteiger partial charge in [-0.25, -0.2) is 0 Å². The molecule has 5 nitrogen and oxygen atoms in total. The van der Waals surface area contributed by atoms with Crippen molar-refractivity contribution in [3.05, 3.63) is 21.6 Å². The summed E-state index contributed by atoms with van der Waals surface area (Å²) in [5.74, 6) is 1.61. The van der Waals surface area contributed by atoms with Crippen molar-refractivity contribution < 1.29 is 9.47 Å². The Morgan fingerprint density at radius 2 is 1.89 bits per heavy atom. The highest BCUT2D eigenvalue weighted by atomic mass is 79.9. The van der Waals surface area contributed by atoms with Gasteiger partial charge in [-0.05, 0) is 22.0 Å². The lowest BCUT2D eigenvalue weighted by molar-refractivity contribution is 0.354. The fourth-order valence-corrected chi connectivity index (χ4v) is 2.80. The lowest BCUT2D eigenvalue weighted by atomic mass is 10.1. The Balaban J connectivity index is 2.75. The molecule has 0 aliphatic carbocycles. The number of ether oxygens (including phenoxy) is 2. The fourth-order valence-electron chi connectivity index (χ4n) is 1.81. The van der Waals surface area contributed by atoms with Gasteiger partial charge in [-0.2, -0.15) is 5.10 Å². The van der Waals surface area contributed by atoms with Gasteiger partial charge < -0.3 is 15.2 Å². The molecule has 0 unspecified atom stereocenters. The Morgan fingerprint density at radius 3 is 2.37 bits per heavy atom. The molecule has 0 aliphatic heterocycles. The molecule has 1 heterocycles. The van der Waals surface area contributed by atoms with E-state index in [0.717, 1.165) is 0 Å². The number of halogens is 2. The molecule has 0 amide bonds. The first-order valence-electron chi connectivity index (χ1n) is 5.39. The highest BCUT2D eigenvalue weighted by molar-refractivity contribution is 9.10. The molecule has 102 valence electrons. The molecule has 2 N–H and O–H groups in total. The van der Waals surface area contributed by atoms with Gasteiger partial charge in [-0.3, -0.25) is 4.68 Å². The topological polar surface area (TPSA) is 62.3 Å². The van der Waals surface area contributed by atoms with Crippen molar-refractivity contribution >= 4 is 33.3 Å². The molecule has 0 saturated carbocycles. The predicted molar refractivity (Wildman–Crippen MR) is 78.9 cm³/mol. The van der Waals surface area contributed by atoms with Crippen LogP contribution in [0.2, 0.25) is 5.02 Å². The first-order valence-corrected chi connectivity index (χ1v) is 6.56. The third-order valence-electron chi connectivity index (χ3n) is 2.72. The molecule has 2 aromatic rings. The SMILES string of the molecule is COc1c(Br)cc(Cl)c(-c2cc(N)n(C)n2)c1OC. The highest BCUT2D eigenvalue weighted by Gasteiger charge is 2.21. The third kappa shape index (κ3) is 2.37. The summed E-state index contributed by atoms with van der Waals surface area (Å²) in [4.78, 5) is 0. The Hall–Kier alpha value is -1.40. The van der Waals surface area contributed by atoms with E-state index in [4.69, 9.17) is 26.8 Å². The number of nitrogen functional groups attached to an aromatic ring is 1. The molecule has 0 aliphatic rings. The van der Waals surface area contributed by atoms with Crippen molar-refractivity contribution in [2.75, 3.05) is 20.0 Å². The average molecular weight is 347 g/mol. The third-order valence-corrected chi connectivity index (χ3v) is 3.61. The lowest BCUT2D eigenvalue weighted by Gasteiger charge is -2.14. The molecular weight excluding hydrogens is 334 g/mol. The van der Waals surface area contributed by atoms with Crippen molar-refractivity contribution in [2.24, 2.45) is 7.05 Å². The van der Waals surface area contributed by atoms with Crippen molar-refractivity contribution in [2.45, 2.75) is 0 Å². The van der Waals surface area contributed by atoms with Gasteiger partial charge in [0.1, 0.15) is 5.82 Å². The summed E-state index contributed by atoms with van der Waals surface area (Å²) in [5.41, 5.74) is 7.08. The maximum atomic E-state index is 6.28. The molecule has 1 aromatic carbocycles. The largest absolute Gasteiger partial charge is 0.492 e. The summed E-state index contributed by atoms with van der Waals surface area (Å²) in [6.07, 6.45) is 0. The number of hydrogen-bond acceptors (Lipinski definition) is 4. The van der Waals surface area contributed by atoms with Crippen LogP contribution >= 0.6 is 27.5 Å². The van der Waals surface area contributed by atoms with Crippen LogP contribution in [0.5, 0.6) is 11.5 Å². The molecule has 2 rings (SSSR count). The van der Waals surface area contributed by atoms with E-state index in [-0.39, 0.29) is 0 Å². The van der Waals surface area contributed by atoms with Gasteiger partial charge in [0.2, 0.25) is 0 Å². The van der Waals surface area contributed by atoms with E-state index in [9.17, 15) is 0 Å². The van der Waals surface area contributed by atoms with Crippen LogP contribution in [0.1, 0.15) is 0 Å². The second-order valence-electron chi connectivity index (χ2n) is 3.86. The average Bonchev–Trinajstić information content (AvgIpc) is 2.68. The first-order chi connectivity index (χ1) is 8.99. The molecule has 0 saturated heterocycles. The Kier molecular flexibility index (Phi) is 3.91. The van der Waals surface area contributed by atoms with Crippen LogP contribution < -0.4 is 15.2 Å². The van der Waals surface area contributed by atoms with Crippen LogP contribution in [0.4, 0.5) is 5.82 Å². The fraction of sp³-hybridized carbons (Fsp3) is 0.250. The summed E-state index contributed by atoms with van der Waals surface area (Å²) in [6, 6.07) is 3.47. The standard InChI is InChI=1S/C12H13BrClN3O2/c1-17-9(15)5-8(16-17)10-7(14)4-6(13)11(18-2)12(10)19-3/h4-5H,15H2,1-3H3. The maximum Gasteiger partial charge on any atom is 0.175 e. The van der Waals surface area contributed by atoms with Gasteiger partial charge >= 0.3 is 0 Å². The smallest absolute Gasteiger partial charge is 0.175 e. The summed E-state index contributed by atoms with van der Waals surface area (Å²) < 4.78 is 13.0. The highest BCUT2D eigenvalue weighted by Crippen LogP contribution is 2.46. The molecule has 7 heteroatoms. The zero-order valence-corrected chi connectivity index (χ0v) is 13.0. The van der Waals surface area contributed by atoms with E-state index in [1.54, 1.807) is 38.1 Å². The van der Waals surface area contributed by atoms with Crippen molar-refractivity contribution in [3.63, 3.8) is 0 Å². The summed E-state index contributed by atoms with van der Waals surface area (Å²) in [6.45, 7) is 0. The van der Waals surface area contributed by atoms with Crippen LogP contribution in [-0.4, -0.2) is 24.0 Å². The monoisotopic (exact) mass is 345 g/mol. The number of benzene rings is 1. The quantitative estimate of drug-likeness (QED) is 0.927. The zero-order chi connectivity index (χ0) is 14.2. The minimum atomic E-state index is 0.502. The van der Waals surface area contributed by atoms with E-state index in [0.29, 0.717) is 38.1 Å². The molecule has 0 radical (unpaired) electrons. The number of rotatable bonds is 3. The number of aromatic nitrogens is 2. The second kappa shape index (κ2) is 5.30. The van der Waals surface area contributed by atoms with Gasteiger partial charge in [0.25, 0.3) is 0 Å². The van der Waals surface area contributed by atoms with Crippen molar-refractivity contribution in [1.29, 1.82) is 0 Å². The molecule has 0 bridgehead atoms. The minimum absolute atomic E-state index is 0.502. The van der Waals surface area contributed by atoms with E-state index >= 15 is 0 Å². The molecule has 0 atom stereocenters. The normalized spacial score (nSPS) is 10.6. The number of nitrogens with zero attached hydrogens (tertiary/aromatic N) is 2. The predicted octanol–water partition coefficient (Wildman–Crippen LogP) is 3.10. The number of aryl methyl sites for hydroxylation is 1. The van der Waals surface area contributed by atoms with Crippen LogP contribution in [0.15, 0.2) is 16.6 Å². The Morgan fingerprint density at radius 1 is 1.26 bits per heavy atom. The number of anilines is 1. The van der Waals surface area contributed by atoms with Crippen LogP contribution in [-0.2, 0) is 7.05 Å². The van der Waals surface area contributed by atoms with E-state index in [1.807, 2.05) is 0 Å². The Bertz CT molecular complexity index is 608. The van der Waals surface area contributed by atoms with E-state index in [2.05, 4.69) is 21.0 Å². The summed E-state index contributed by atoms with van der Waals surface area (Å²) in [5, 5.41) is 4.81. The number of methoxy groups -OCH3 is 2. The van der Waals surface area contributed by atoms with Gasteiger partial charge in [0.05, 0.1) is 35.0 Å². The van der Waals surface area contributed by atoms with Gasteiger partial charge in [-0.15, -0.1) is 0 Å². The first kappa shape index (κ1) is 14.0. The van der Waals surface area contributed by atoms with Gasteiger partial charge in [0.15, 0.2) is 11.5 Å². The Labute approximate surface area is 124 Å². The van der Waals surface area contributed by atoms with Crippen LogP contribution in [0.3, 0.4) is 0 Å². The maximum absolute atomic E-state index is 6.28. The van der Waals surface area contributed by atoms with Crippen LogP contribution in [0, 0.1) is 0 Å². The summed E-state index contributed by atoms with van der Waals surface area (Å²) in [7, 11) is 4.87. The molecular formula is C12H13BrClN3O2. The number of hydrogen-bond donors (Lipinski definition) is 1. The molecule has 1 aromatic heterocycles. The van der Waals surface area contributed by atoms with E-state index in [1.165, 1.54) is 0 Å². The summed E-state index contributed by atoms with van der Waals surface area (Å²) >= 11 is 9.67. The molecule has 19 heavy (non-hydrogen) atoms. The zero-order valence-electron chi connectivity index (χ0n) is 10.7. The van der Waals surface area contributed by atoms with Crippen molar-refractivity contribution in [3.8, 4) is 22.8 Å². The number of nitrogens with two attached hydrogens (primary N) is 1. The minimum Gasteiger partial charge on any atom is -0.492 e. The van der Waals surface area contributed by atoms with Crippen molar-refractivity contribution in [1.82, 2.24) is 9.78 Å². The lowest BCUT2D eigenvalue weighted by Crippen LogP contribution is -1.98. The van der Waals surface area contributed by atoms with Gasteiger partial charge in [0, 0.05) is 13.1 Å². The van der Waals surface area contributed by atoms with Gasteiger partial charge in [-0.1, -0.05) is 11.6 Å².